The first-order chi connectivity index (χ1) is 52.1. The van der Waals surface area contributed by atoms with Gasteiger partial charge in [-0.2, -0.15) is 22.8 Å². The number of aryl methyl sites for hydroxylation is 11. The molecule has 0 N–H and O–H groups in total. The van der Waals surface area contributed by atoms with Crippen LogP contribution in [0.25, 0.3) is 67.5 Å². The van der Waals surface area contributed by atoms with Crippen LogP contribution in [0.15, 0.2) is 206 Å². The topological polar surface area (TPSA) is 23.3 Å². The third-order valence-electron chi connectivity index (χ3n) is 16.8. The Labute approximate surface area is 599 Å². The van der Waals surface area contributed by atoms with E-state index < -0.39 is 67.6 Å². The van der Waals surface area contributed by atoms with Crippen LogP contribution in [-0.2, 0) is 42.3 Å². The van der Waals surface area contributed by atoms with E-state index in [-0.39, 0.29) is 46.6 Å². The number of pyridine rings is 6. The second-order valence-corrected chi connectivity index (χ2v) is 24.6. The highest BCUT2D eigenvalue weighted by molar-refractivity contribution is 5.66. The predicted octanol–water partition coefficient (Wildman–Crippen LogP) is 18.4. The molecule has 0 radical (unpaired) electrons. The van der Waals surface area contributed by atoms with E-state index in [9.17, 15) is 22.0 Å². The van der Waals surface area contributed by atoms with Crippen molar-refractivity contribution >= 4 is 0 Å². The van der Waals surface area contributed by atoms with Crippen molar-refractivity contribution < 1.29 is 68.5 Å². The summed E-state index contributed by atoms with van der Waals surface area (Å²) in [6.45, 7) is 14.1. The molecule has 6 heterocycles. The summed E-state index contributed by atoms with van der Waals surface area (Å²) in [5, 5.41) is 0. The van der Waals surface area contributed by atoms with Crippen molar-refractivity contribution in [2.75, 3.05) is 0 Å². The van der Waals surface area contributed by atoms with E-state index in [2.05, 4.69) is 64.1 Å². The van der Waals surface area contributed by atoms with Gasteiger partial charge in [-0.3, -0.25) is 0 Å². The van der Waals surface area contributed by atoms with E-state index in [1.165, 1.54) is 42.3 Å². The fourth-order valence-electron chi connectivity index (χ4n) is 11.2. The van der Waals surface area contributed by atoms with Crippen LogP contribution >= 0.6 is 0 Å². The van der Waals surface area contributed by atoms with E-state index >= 15 is 0 Å². The Morgan fingerprint density at radius 1 is 0.265 bits per heavy atom. The molecule has 0 amide bonds. The van der Waals surface area contributed by atoms with E-state index in [0.717, 1.165) is 88.7 Å². The minimum atomic E-state index is -3.08. The summed E-state index contributed by atoms with van der Waals surface area (Å²) < 4.78 is 187. The van der Waals surface area contributed by atoms with Crippen molar-refractivity contribution in [3.8, 4) is 67.5 Å². The molecule has 0 fully saturated rings. The largest absolute Gasteiger partial charge is 0.362 e. The molecule has 6 nitrogen and oxygen atoms in total. The van der Waals surface area contributed by atoms with Gasteiger partial charge >= 0.3 is 29.7 Å². The van der Waals surface area contributed by atoms with Crippen molar-refractivity contribution in [1.29, 1.82) is 0 Å². The normalized spacial score (nSPS) is 13.0. The molecule has 12 rings (SSSR count). The number of halogens is 5. The second kappa shape index (κ2) is 33.7. The lowest BCUT2D eigenvalue weighted by Gasteiger charge is -2.07. The Bertz CT molecular complexity index is 5480. The lowest BCUT2D eigenvalue weighted by atomic mass is 10.0. The van der Waals surface area contributed by atoms with E-state index in [1.807, 2.05) is 150 Å². The Balaban J connectivity index is 0.000000191. The molecule has 0 aliphatic carbocycles. The predicted molar refractivity (Wildman–Crippen MR) is 389 cm³/mol. The third kappa shape index (κ3) is 18.7. The molecule has 0 aliphatic rings. The smallest absolute Gasteiger partial charge is 0.201 e. The molecule has 11 heteroatoms. The van der Waals surface area contributed by atoms with Gasteiger partial charge in [0, 0.05) is 106 Å². The van der Waals surface area contributed by atoms with Crippen LogP contribution in [0.4, 0.5) is 22.0 Å². The fourth-order valence-corrected chi connectivity index (χ4v) is 11.2. The van der Waals surface area contributed by atoms with Gasteiger partial charge in [0.1, 0.15) is 43.7 Å². The standard InChI is InChI=1S/C16H20N.2C15H17FN.2C14H15FN.C13H13FN/c1-11-6-7-15(13(3)8-11)16-9-12(2)14(4)10-17(16)5;1-10-5-7-13(12(3)9-10)14-8-6-11(2)15(16)17(14)4;1-10-5-6-13(12(3)7-10)14-8-11(2)9-15(16)17(14)4;1-10-8-13(16(3)14(15)9-10)12-7-5-4-6-11(12)2;1-10-6-4-5-7-12(10)13-9-8-11(2)14(15)16(13)3;1-10-6-3-4-7-11(10)12-8-5-9-13(14)15(12)2/h6-10H,1-5H3;2*5-9H,1-4H3;2*4-9H,1-3H3;3-9H,1-2H3/q6*+1/i1D3,2D3,4D3,6D,7D,8D,9D,10D;;;;;. The zero-order valence-corrected chi connectivity index (χ0v) is 59.3. The Kier molecular flexibility index (Phi) is 19.6. The van der Waals surface area contributed by atoms with E-state index in [4.69, 9.17) is 19.2 Å². The molecular weight excluding hydrogens is 1220 g/mol. The van der Waals surface area contributed by atoms with Gasteiger partial charge in [-0.25, -0.2) is 4.57 Å². The summed E-state index contributed by atoms with van der Waals surface area (Å²) in [6.07, 6.45) is -0.728. The summed E-state index contributed by atoms with van der Waals surface area (Å²) >= 11 is 0. The molecule has 0 spiro atoms. The first kappa shape index (κ1) is 57.0. The maximum Gasteiger partial charge on any atom is 0.362 e. The van der Waals surface area contributed by atoms with Gasteiger partial charge < -0.3 is 0 Å². The minimum absolute atomic E-state index is 0.103. The van der Waals surface area contributed by atoms with Crippen LogP contribution in [-0.4, -0.2) is 0 Å². The number of benzene rings is 6. The highest BCUT2D eigenvalue weighted by Gasteiger charge is 2.23. The Morgan fingerprint density at radius 3 is 1.10 bits per heavy atom. The van der Waals surface area contributed by atoms with Crippen LogP contribution in [0.1, 0.15) is 103 Å². The van der Waals surface area contributed by atoms with Crippen molar-refractivity contribution in [1.82, 2.24) is 0 Å². The molecule has 0 saturated heterocycles. The van der Waals surface area contributed by atoms with Crippen molar-refractivity contribution in [3.05, 3.63) is 319 Å². The van der Waals surface area contributed by atoms with E-state index in [0.29, 0.717) is 11.1 Å². The van der Waals surface area contributed by atoms with Crippen molar-refractivity contribution in [3.63, 3.8) is 0 Å². The van der Waals surface area contributed by atoms with Crippen LogP contribution < -0.4 is 27.4 Å². The number of hydrogen-bond acceptors (Lipinski definition) is 0. The van der Waals surface area contributed by atoms with Gasteiger partial charge in [0.15, 0.2) is 6.17 Å². The molecule has 0 saturated carbocycles. The van der Waals surface area contributed by atoms with Gasteiger partial charge in [-0.05, 0) is 208 Å². The van der Waals surface area contributed by atoms with Gasteiger partial charge in [-0.15, -0.1) is 22.0 Å². The Hall–Kier alpha value is -10.1. The SMILES string of the molecule is Cc1cc(F)[n+](C)c(-c2ccccc2C)c1.Cc1ccc(-c2cc(C)cc(F)[n+]2C)c(C)c1.Cc1ccc(-c2ccc(C)c(F)[n+]2C)c(C)c1.Cc1ccccc1-c1ccc(C)c(F)[n+]1C.Cc1ccccc1-c1cccc(F)[n+]1C.[2H]c1c([2H])c(C([2H])([2H])[2H])c([2H])c(C)c1-c1c([2H])c(C([2H])([2H])[2H])c(C([2H])([2H])[2H])c([2H])[n+]1C. The quantitative estimate of drug-likeness (QED) is 0.0900. The lowest BCUT2D eigenvalue weighted by molar-refractivity contribution is -0.690. The van der Waals surface area contributed by atoms with Crippen LogP contribution in [0, 0.1) is 133 Å². The van der Waals surface area contributed by atoms with Crippen molar-refractivity contribution in [2.24, 2.45) is 42.3 Å². The summed E-state index contributed by atoms with van der Waals surface area (Å²) in [4.78, 5) is 0. The summed E-state index contributed by atoms with van der Waals surface area (Å²) in [5.41, 5.74) is 18.3. The molecule has 12 aromatic rings. The first-order valence-electron chi connectivity index (χ1n) is 38.9. The molecule has 6 aromatic heterocycles. The molecule has 0 unspecified atom stereocenters. The maximum atomic E-state index is 13.9. The fraction of sp³-hybridized carbons (Fsp3) is 0.241. The van der Waals surface area contributed by atoms with Gasteiger partial charge in [0.05, 0.1) is 16.6 Å². The number of aromatic nitrogens is 6. The zero-order chi connectivity index (χ0) is 83.8. The molecule has 0 aliphatic heterocycles. The number of hydrogen-bond donors (Lipinski definition) is 0. The highest BCUT2D eigenvalue weighted by Crippen LogP contribution is 2.27. The average Bonchev–Trinajstić information content (AvgIpc) is 0.722. The minimum Gasteiger partial charge on any atom is -0.201 e. The monoisotopic (exact) mass is 1330 g/mol. The van der Waals surface area contributed by atoms with Crippen molar-refractivity contribution in [2.45, 2.75) is 104 Å². The third-order valence-corrected chi connectivity index (χ3v) is 16.8. The molecule has 0 atom stereocenters. The number of rotatable bonds is 6. The highest BCUT2D eigenvalue weighted by atomic mass is 19.1. The Morgan fingerprint density at radius 2 is 0.673 bits per heavy atom. The van der Waals surface area contributed by atoms with Crippen LogP contribution in [0.5, 0.6) is 0 Å². The summed E-state index contributed by atoms with van der Waals surface area (Å²) in [7, 11) is 9.95. The van der Waals surface area contributed by atoms with Gasteiger partial charge in [-0.1, -0.05) is 108 Å². The molecule has 0 bridgehead atoms. The molecule has 504 valence electrons. The van der Waals surface area contributed by atoms with Gasteiger partial charge in [0.25, 0.3) is 0 Å². The first-order valence-corrected chi connectivity index (χ1v) is 31.9. The second-order valence-electron chi connectivity index (χ2n) is 24.6. The lowest BCUT2D eigenvalue weighted by Crippen LogP contribution is -2.36. The molecule has 98 heavy (non-hydrogen) atoms. The molecular formula is C87H97F5N6+6. The van der Waals surface area contributed by atoms with Gasteiger partial charge in [0.2, 0.25) is 34.2 Å². The average molecular weight is 1340 g/mol. The van der Waals surface area contributed by atoms with Crippen LogP contribution in [0.3, 0.4) is 0 Å². The van der Waals surface area contributed by atoms with E-state index in [1.54, 1.807) is 90.1 Å². The number of nitrogens with zero attached hydrogens (tertiary/aromatic N) is 6. The maximum absolute atomic E-state index is 13.9. The molecule has 6 aromatic carbocycles. The van der Waals surface area contributed by atoms with Crippen LogP contribution in [0.2, 0.25) is 0 Å². The summed E-state index contributed by atoms with van der Waals surface area (Å²) in [5.74, 6) is -1.00. The summed E-state index contributed by atoms with van der Waals surface area (Å²) in [6, 6.07) is 53.5. The zero-order valence-electron chi connectivity index (χ0n) is 73.3.